The van der Waals surface area contributed by atoms with E-state index in [9.17, 15) is 8.42 Å². The largest absolute Gasteiger partial charge is 0.496 e. The Labute approximate surface area is 121 Å². The predicted molar refractivity (Wildman–Crippen MR) is 79.4 cm³/mol. The minimum Gasteiger partial charge on any atom is -0.496 e. The smallest absolute Gasteiger partial charge is 0.208 e. The van der Waals surface area contributed by atoms with Crippen molar-refractivity contribution in [2.45, 2.75) is 18.9 Å². The molecule has 6 heteroatoms. The average Bonchev–Trinajstić information content (AvgIpc) is 2.92. The zero-order valence-corrected chi connectivity index (χ0v) is 12.8. The number of hydrogen-bond donors (Lipinski definition) is 1. The van der Waals surface area contributed by atoms with Crippen LogP contribution in [0.5, 0.6) is 5.75 Å². The third kappa shape index (κ3) is 3.94. The maximum atomic E-state index is 11.4. The summed E-state index contributed by atoms with van der Waals surface area (Å²) in [4.78, 5) is 2.32. The Kier molecular flexibility index (Phi) is 5.01. The highest BCUT2D eigenvalue weighted by Gasteiger charge is 2.26. The molecule has 1 aliphatic rings. The van der Waals surface area contributed by atoms with Crippen LogP contribution in [0.4, 0.5) is 0 Å². The third-order valence-electron chi connectivity index (χ3n) is 3.62. The van der Waals surface area contributed by atoms with Gasteiger partial charge in [-0.1, -0.05) is 18.2 Å². The lowest BCUT2D eigenvalue weighted by Gasteiger charge is -2.29. The van der Waals surface area contributed by atoms with Crippen LogP contribution in [-0.2, 0) is 10.0 Å². The quantitative estimate of drug-likeness (QED) is 0.862. The van der Waals surface area contributed by atoms with Crippen molar-refractivity contribution in [2.75, 3.05) is 33.0 Å². The van der Waals surface area contributed by atoms with E-state index in [1.54, 1.807) is 7.11 Å². The summed E-state index contributed by atoms with van der Waals surface area (Å²) in [6.07, 6.45) is 3.51. The molecule has 0 spiro atoms. The van der Waals surface area contributed by atoms with Gasteiger partial charge in [-0.2, -0.15) is 0 Å². The van der Waals surface area contributed by atoms with Crippen molar-refractivity contribution in [1.29, 1.82) is 0 Å². The molecule has 0 radical (unpaired) electrons. The second-order valence-electron chi connectivity index (χ2n) is 5.12. The topological polar surface area (TPSA) is 58.6 Å². The minimum absolute atomic E-state index is 0.0170. The van der Waals surface area contributed by atoms with Crippen molar-refractivity contribution in [3.8, 4) is 5.75 Å². The standard InChI is InChI=1S/C14H22N2O3S/c1-19-14-8-4-3-7-12(14)13(11-15-20(2,17)18)16-9-5-6-10-16/h3-4,7-8,13,15H,5-6,9-11H2,1-2H3. The summed E-state index contributed by atoms with van der Waals surface area (Å²) in [6, 6.07) is 7.82. The summed E-state index contributed by atoms with van der Waals surface area (Å²) in [5.41, 5.74) is 1.04. The van der Waals surface area contributed by atoms with Gasteiger partial charge in [0.2, 0.25) is 10.0 Å². The van der Waals surface area contributed by atoms with Crippen molar-refractivity contribution >= 4 is 10.0 Å². The SMILES string of the molecule is COc1ccccc1C(CNS(C)(=O)=O)N1CCCC1. The minimum atomic E-state index is -3.19. The number of ether oxygens (including phenoxy) is 1. The fraction of sp³-hybridized carbons (Fsp3) is 0.571. The molecule has 1 aromatic rings. The van der Waals surface area contributed by atoms with E-state index in [1.165, 1.54) is 6.26 Å². The molecule has 0 amide bonds. The molecule has 2 rings (SSSR count). The van der Waals surface area contributed by atoms with E-state index in [4.69, 9.17) is 4.74 Å². The van der Waals surface area contributed by atoms with Crippen molar-refractivity contribution in [2.24, 2.45) is 0 Å². The molecule has 0 aromatic heterocycles. The first kappa shape index (κ1) is 15.3. The molecule has 1 heterocycles. The molecule has 0 bridgehead atoms. The summed E-state index contributed by atoms with van der Waals surface area (Å²) in [6.45, 7) is 2.36. The molecule has 1 atom stereocenters. The Hall–Kier alpha value is -1.11. The molecule has 1 aromatic carbocycles. The number of likely N-dealkylation sites (tertiary alicyclic amines) is 1. The average molecular weight is 298 g/mol. The van der Waals surface area contributed by atoms with Crippen molar-refractivity contribution in [1.82, 2.24) is 9.62 Å². The Morgan fingerprint density at radius 3 is 2.55 bits per heavy atom. The summed E-state index contributed by atoms with van der Waals surface area (Å²) in [5, 5.41) is 0. The van der Waals surface area contributed by atoms with Gasteiger partial charge in [0, 0.05) is 12.1 Å². The Morgan fingerprint density at radius 2 is 1.95 bits per heavy atom. The van der Waals surface area contributed by atoms with Crippen LogP contribution in [0.3, 0.4) is 0 Å². The van der Waals surface area contributed by atoms with Crippen LogP contribution in [0.15, 0.2) is 24.3 Å². The highest BCUT2D eigenvalue weighted by Crippen LogP contribution is 2.31. The molecule has 0 aliphatic carbocycles. The number of methoxy groups -OCH3 is 1. The van der Waals surface area contributed by atoms with Gasteiger partial charge in [0.25, 0.3) is 0 Å². The van der Waals surface area contributed by atoms with Crippen LogP contribution in [0.25, 0.3) is 0 Å². The zero-order chi connectivity index (χ0) is 14.6. The fourth-order valence-corrected chi connectivity index (χ4v) is 3.12. The Morgan fingerprint density at radius 1 is 1.30 bits per heavy atom. The first-order chi connectivity index (χ1) is 9.51. The van der Waals surface area contributed by atoms with E-state index in [0.717, 1.165) is 37.2 Å². The molecule has 1 unspecified atom stereocenters. The first-order valence-electron chi connectivity index (χ1n) is 6.83. The lowest BCUT2D eigenvalue weighted by molar-refractivity contribution is 0.240. The highest BCUT2D eigenvalue weighted by atomic mass is 32.2. The van der Waals surface area contributed by atoms with Crippen LogP contribution in [-0.4, -0.2) is 46.3 Å². The molecule has 0 saturated carbocycles. The van der Waals surface area contributed by atoms with Crippen molar-refractivity contribution in [3.05, 3.63) is 29.8 Å². The molecule has 1 fully saturated rings. The van der Waals surface area contributed by atoms with E-state index < -0.39 is 10.0 Å². The molecular weight excluding hydrogens is 276 g/mol. The second-order valence-corrected chi connectivity index (χ2v) is 6.95. The molecule has 1 saturated heterocycles. The van der Waals surface area contributed by atoms with E-state index in [-0.39, 0.29) is 6.04 Å². The number of rotatable bonds is 6. The van der Waals surface area contributed by atoms with Gasteiger partial charge < -0.3 is 4.74 Å². The zero-order valence-electron chi connectivity index (χ0n) is 12.0. The second kappa shape index (κ2) is 6.56. The number of para-hydroxylation sites is 1. The van der Waals surface area contributed by atoms with Gasteiger partial charge in [0.1, 0.15) is 5.75 Å². The van der Waals surface area contributed by atoms with Crippen LogP contribution in [0.2, 0.25) is 0 Å². The summed E-state index contributed by atoms with van der Waals surface area (Å²) in [7, 11) is -1.55. The van der Waals surface area contributed by atoms with E-state index in [2.05, 4.69) is 9.62 Å². The number of hydrogen-bond acceptors (Lipinski definition) is 4. The number of nitrogens with zero attached hydrogens (tertiary/aromatic N) is 1. The monoisotopic (exact) mass is 298 g/mol. The molecule has 1 aliphatic heterocycles. The molecule has 1 N–H and O–H groups in total. The van der Waals surface area contributed by atoms with Gasteiger partial charge in [-0.3, -0.25) is 4.90 Å². The maximum absolute atomic E-state index is 11.4. The van der Waals surface area contributed by atoms with Crippen molar-refractivity contribution in [3.63, 3.8) is 0 Å². The van der Waals surface area contributed by atoms with E-state index in [0.29, 0.717) is 6.54 Å². The summed E-state index contributed by atoms with van der Waals surface area (Å²) >= 11 is 0. The molecule has 112 valence electrons. The van der Waals surface area contributed by atoms with Gasteiger partial charge in [0.05, 0.1) is 19.4 Å². The summed E-state index contributed by atoms with van der Waals surface area (Å²) < 4.78 is 30.8. The lowest BCUT2D eigenvalue weighted by Crippen LogP contribution is -2.36. The lowest BCUT2D eigenvalue weighted by atomic mass is 10.0. The van der Waals surface area contributed by atoms with Crippen molar-refractivity contribution < 1.29 is 13.2 Å². The van der Waals surface area contributed by atoms with Gasteiger partial charge in [0.15, 0.2) is 0 Å². The molecular formula is C14H22N2O3S. The molecule has 5 nitrogen and oxygen atoms in total. The Bertz CT molecular complexity index is 539. The fourth-order valence-electron chi connectivity index (χ4n) is 2.66. The van der Waals surface area contributed by atoms with Crippen LogP contribution in [0, 0.1) is 0 Å². The first-order valence-corrected chi connectivity index (χ1v) is 8.72. The normalized spacial score (nSPS) is 18.1. The van der Waals surface area contributed by atoms with Crippen LogP contribution in [0.1, 0.15) is 24.4 Å². The van der Waals surface area contributed by atoms with Crippen LogP contribution < -0.4 is 9.46 Å². The van der Waals surface area contributed by atoms with E-state index >= 15 is 0 Å². The van der Waals surface area contributed by atoms with Gasteiger partial charge in [-0.15, -0.1) is 0 Å². The predicted octanol–water partition coefficient (Wildman–Crippen LogP) is 1.38. The van der Waals surface area contributed by atoms with Crippen LogP contribution >= 0.6 is 0 Å². The number of benzene rings is 1. The highest BCUT2D eigenvalue weighted by molar-refractivity contribution is 7.88. The summed E-state index contributed by atoms with van der Waals surface area (Å²) in [5.74, 6) is 0.805. The van der Waals surface area contributed by atoms with Gasteiger partial charge in [-0.05, 0) is 32.0 Å². The molecule has 20 heavy (non-hydrogen) atoms. The maximum Gasteiger partial charge on any atom is 0.208 e. The third-order valence-corrected chi connectivity index (χ3v) is 4.31. The van der Waals surface area contributed by atoms with E-state index in [1.807, 2.05) is 24.3 Å². The van der Waals surface area contributed by atoms with Gasteiger partial charge >= 0.3 is 0 Å². The number of nitrogens with one attached hydrogen (secondary N) is 1. The van der Waals surface area contributed by atoms with Gasteiger partial charge in [-0.25, -0.2) is 13.1 Å². The number of sulfonamides is 1. The Balaban J connectivity index is 2.25.